The molecule has 0 unspecified atom stereocenters. The number of rotatable bonds is 2. The molecule has 0 radical (unpaired) electrons. The Morgan fingerprint density at radius 1 is 1.17 bits per heavy atom. The van der Waals surface area contributed by atoms with E-state index in [9.17, 15) is 4.39 Å². The van der Waals surface area contributed by atoms with E-state index >= 15 is 0 Å². The van der Waals surface area contributed by atoms with E-state index in [0.29, 0.717) is 5.56 Å². The molecule has 18 heavy (non-hydrogen) atoms. The zero-order valence-electron chi connectivity index (χ0n) is 11.2. The van der Waals surface area contributed by atoms with Crippen molar-refractivity contribution in [3.8, 4) is 0 Å². The first kappa shape index (κ1) is 13.5. The largest absolute Gasteiger partial charge is 0.480 e. The van der Waals surface area contributed by atoms with Gasteiger partial charge in [0.1, 0.15) is 5.82 Å². The van der Waals surface area contributed by atoms with Gasteiger partial charge < -0.3 is 15.0 Å². The van der Waals surface area contributed by atoms with Crippen molar-refractivity contribution in [3.05, 3.63) is 35.6 Å². The Labute approximate surface area is 108 Å². The molecular weight excluding hydrogens is 232 g/mol. The van der Waals surface area contributed by atoms with Crippen molar-refractivity contribution in [3.63, 3.8) is 0 Å². The van der Waals surface area contributed by atoms with Gasteiger partial charge in [0.05, 0.1) is 17.1 Å². The lowest BCUT2D eigenvalue weighted by molar-refractivity contribution is 0.00578. The van der Waals surface area contributed by atoms with Gasteiger partial charge in [0.25, 0.3) is 0 Å². The van der Waals surface area contributed by atoms with Crippen molar-refractivity contribution in [2.75, 3.05) is 0 Å². The van der Waals surface area contributed by atoms with Crippen LogP contribution in [-0.2, 0) is 9.31 Å². The molecule has 1 aromatic rings. The average Bonchev–Trinajstić information content (AvgIpc) is 2.47. The average molecular weight is 251 g/mol. The van der Waals surface area contributed by atoms with Crippen molar-refractivity contribution in [1.82, 2.24) is 0 Å². The molecule has 2 N–H and O–H groups in total. The molecule has 0 bridgehead atoms. The summed E-state index contributed by atoms with van der Waals surface area (Å²) in [6, 6.07) is 6.21. The summed E-state index contributed by atoms with van der Waals surface area (Å²) in [6.45, 7) is 7.85. The molecular formula is C13H19BFNO2. The van der Waals surface area contributed by atoms with Crippen LogP contribution in [-0.4, -0.2) is 18.3 Å². The minimum absolute atomic E-state index is 0.306. The normalized spacial score (nSPS) is 23.1. The van der Waals surface area contributed by atoms with Gasteiger partial charge in [-0.3, -0.25) is 0 Å². The lowest BCUT2D eigenvalue weighted by Gasteiger charge is -2.32. The van der Waals surface area contributed by atoms with Crippen molar-refractivity contribution in [1.29, 1.82) is 0 Å². The summed E-state index contributed by atoms with van der Waals surface area (Å²) < 4.78 is 24.9. The van der Waals surface area contributed by atoms with Gasteiger partial charge in [-0.25, -0.2) is 4.39 Å². The fourth-order valence-electron chi connectivity index (χ4n) is 1.91. The Kier molecular flexibility index (Phi) is 3.26. The molecule has 0 spiro atoms. The third-order valence-electron chi connectivity index (χ3n) is 3.80. The third-order valence-corrected chi connectivity index (χ3v) is 3.80. The molecule has 5 heteroatoms. The molecule has 1 aliphatic rings. The molecule has 0 aliphatic carbocycles. The van der Waals surface area contributed by atoms with Crippen molar-refractivity contribution < 1.29 is 13.7 Å². The third kappa shape index (κ3) is 2.30. The molecule has 98 valence electrons. The summed E-state index contributed by atoms with van der Waals surface area (Å²) >= 11 is 0. The number of hydrogen-bond donors (Lipinski definition) is 1. The van der Waals surface area contributed by atoms with E-state index in [-0.39, 0.29) is 5.82 Å². The Hall–Kier alpha value is -0.905. The minimum atomic E-state index is -0.559. The van der Waals surface area contributed by atoms with Crippen LogP contribution in [0.5, 0.6) is 0 Å². The first-order valence-corrected chi connectivity index (χ1v) is 6.10. The van der Waals surface area contributed by atoms with Gasteiger partial charge in [-0.2, -0.15) is 0 Å². The van der Waals surface area contributed by atoms with Crippen molar-refractivity contribution in [2.45, 2.75) is 44.8 Å². The van der Waals surface area contributed by atoms with Crippen LogP contribution in [0.3, 0.4) is 0 Å². The van der Waals surface area contributed by atoms with Crippen LogP contribution in [0.2, 0.25) is 0 Å². The molecule has 1 aromatic carbocycles. The Bertz CT molecular complexity index is 434. The van der Waals surface area contributed by atoms with E-state index in [0.717, 1.165) is 0 Å². The van der Waals surface area contributed by atoms with Gasteiger partial charge in [0.15, 0.2) is 0 Å². The molecule has 1 fully saturated rings. The van der Waals surface area contributed by atoms with Crippen LogP contribution < -0.4 is 5.73 Å². The predicted octanol–water partition coefficient (Wildman–Crippen LogP) is 2.46. The SMILES string of the molecule is CC1(C)OB([C@@H](N)c2cccc(F)c2)OC1(C)C. The lowest BCUT2D eigenvalue weighted by Crippen LogP contribution is -2.41. The van der Waals surface area contributed by atoms with E-state index in [1.165, 1.54) is 12.1 Å². The molecule has 0 aromatic heterocycles. The van der Waals surface area contributed by atoms with E-state index < -0.39 is 24.3 Å². The zero-order valence-corrected chi connectivity index (χ0v) is 11.2. The highest BCUT2D eigenvalue weighted by Gasteiger charge is 2.53. The van der Waals surface area contributed by atoms with Crippen molar-refractivity contribution >= 4 is 7.12 Å². The number of hydrogen-bond acceptors (Lipinski definition) is 3. The highest BCUT2D eigenvalue weighted by Crippen LogP contribution is 2.39. The second kappa shape index (κ2) is 4.33. The Balaban J connectivity index is 2.20. The molecule has 1 heterocycles. The monoisotopic (exact) mass is 251 g/mol. The fraction of sp³-hybridized carbons (Fsp3) is 0.538. The maximum atomic E-state index is 13.2. The minimum Gasteiger partial charge on any atom is -0.402 e. The van der Waals surface area contributed by atoms with Gasteiger partial charge in [-0.05, 0) is 45.4 Å². The summed E-state index contributed by atoms with van der Waals surface area (Å²) in [4.78, 5) is 0. The van der Waals surface area contributed by atoms with Gasteiger partial charge in [-0.1, -0.05) is 12.1 Å². The zero-order chi connectivity index (χ0) is 13.6. The summed E-state index contributed by atoms with van der Waals surface area (Å²) in [5.74, 6) is -0.804. The molecule has 2 rings (SSSR count). The predicted molar refractivity (Wildman–Crippen MR) is 69.4 cm³/mol. The van der Waals surface area contributed by atoms with Crippen LogP contribution in [0.1, 0.15) is 39.2 Å². The van der Waals surface area contributed by atoms with Crippen molar-refractivity contribution in [2.24, 2.45) is 5.73 Å². The molecule has 3 nitrogen and oxygen atoms in total. The molecule has 1 aliphatic heterocycles. The van der Waals surface area contributed by atoms with E-state index in [1.54, 1.807) is 12.1 Å². The summed E-state index contributed by atoms with van der Waals surface area (Å²) in [5.41, 5.74) is 5.91. The second-order valence-corrected chi connectivity index (χ2v) is 5.71. The van der Waals surface area contributed by atoms with E-state index in [2.05, 4.69) is 0 Å². The Morgan fingerprint density at radius 2 is 1.72 bits per heavy atom. The second-order valence-electron chi connectivity index (χ2n) is 5.71. The van der Waals surface area contributed by atoms with Gasteiger partial charge in [0.2, 0.25) is 0 Å². The number of halogens is 1. The molecule has 0 amide bonds. The van der Waals surface area contributed by atoms with E-state index in [4.69, 9.17) is 15.0 Å². The Morgan fingerprint density at radius 3 is 2.22 bits per heavy atom. The first-order chi connectivity index (χ1) is 8.23. The summed E-state index contributed by atoms with van der Waals surface area (Å²) in [7, 11) is -0.559. The fourth-order valence-corrected chi connectivity index (χ4v) is 1.91. The lowest BCUT2D eigenvalue weighted by atomic mass is 9.75. The van der Waals surface area contributed by atoms with Crippen LogP contribution in [0.15, 0.2) is 24.3 Å². The van der Waals surface area contributed by atoms with Gasteiger partial charge in [0, 0.05) is 0 Å². The first-order valence-electron chi connectivity index (χ1n) is 6.10. The summed E-state index contributed by atoms with van der Waals surface area (Å²) in [6.07, 6.45) is 0. The molecule has 1 saturated heterocycles. The molecule has 0 saturated carbocycles. The quantitative estimate of drug-likeness (QED) is 0.821. The van der Waals surface area contributed by atoms with Gasteiger partial charge in [-0.15, -0.1) is 0 Å². The smallest absolute Gasteiger partial charge is 0.402 e. The number of nitrogens with two attached hydrogens (primary N) is 1. The standard InChI is InChI=1S/C13H19BFNO2/c1-12(2)13(3,4)18-14(17-12)11(16)9-6-5-7-10(15)8-9/h5-8,11H,16H2,1-4H3/t11-/m0/s1. The van der Waals surface area contributed by atoms with Crippen LogP contribution in [0.25, 0.3) is 0 Å². The van der Waals surface area contributed by atoms with Gasteiger partial charge >= 0.3 is 7.12 Å². The topological polar surface area (TPSA) is 44.5 Å². The highest BCUT2D eigenvalue weighted by atomic mass is 19.1. The maximum Gasteiger partial charge on any atom is 0.480 e. The maximum absolute atomic E-state index is 13.2. The van der Waals surface area contributed by atoms with Crippen LogP contribution >= 0.6 is 0 Å². The summed E-state index contributed by atoms with van der Waals surface area (Å²) in [5, 5.41) is 0. The van der Waals surface area contributed by atoms with E-state index in [1.807, 2.05) is 27.7 Å². The van der Waals surface area contributed by atoms with Crippen LogP contribution in [0.4, 0.5) is 4.39 Å². The number of benzene rings is 1. The van der Waals surface area contributed by atoms with Crippen LogP contribution in [0, 0.1) is 5.82 Å². The molecule has 1 atom stereocenters. The highest BCUT2D eigenvalue weighted by molar-refractivity contribution is 6.47.